The largest absolute Gasteiger partial charge is 0.316 e. The van der Waals surface area contributed by atoms with E-state index in [2.05, 4.69) is 50.4 Å². The molecule has 0 atom stereocenters. The molecule has 1 aliphatic rings. The summed E-state index contributed by atoms with van der Waals surface area (Å²) >= 11 is 0. The zero-order valence-corrected chi connectivity index (χ0v) is 11.4. The highest BCUT2D eigenvalue weighted by molar-refractivity contribution is 5.26. The van der Waals surface area contributed by atoms with Gasteiger partial charge in [-0.25, -0.2) is 0 Å². The fourth-order valence-electron chi connectivity index (χ4n) is 2.44. The Morgan fingerprint density at radius 2 is 1.82 bits per heavy atom. The maximum Gasteiger partial charge on any atom is 0.00109 e. The summed E-state index contributed by atoms with van der Waals surface area (Å²) in [7, 11) is 0. The second-order valence-corrected chi connectivity index (χ2v) is 5.85. The first-order valence-electron chi connectivity index (χ1n) is 6.95. The number of nitrogens with one attached hydrogen (secondary N) is 1. The monoisotopic (exact) mass is 231 g/mol. The van der Waals surface area contributed by atoms with E-state index in [1.54, 1.807) is 0 Å². The van der Waals surface area contributed by atoms with Crippen LogP contribution in [0.2, 0.25) is 0 Å². The van der Waals surface area contributed by atoms with Crippen LogP contribution in [0.3, 0.4) is 0 Å². The molecule has 17 heavy (non-hydrogen) atoms. The second kappa shape index (κ2) is 5.22. The quantitative estimate of drug-likeness (QED) is 0.786. The third-order valence-corrected chi connectivity index (χ3v) is 3.93. The van der Waals surface area contributed by atoms with Crippen LogP contribution >= 0.6 is 0 Å². The molecular weight excluding hydrogens is 206 g/mol. The van der Waals surface area contributed by atoms with Crippen molar-refractivity contribution in [1.82, 2.24) is 5.32 Å². The average Bonchev–Trinajstić information content (AvgIpc) is 3.07. The molecule has 2 rings (SSSR count). The molecule has 1 aliphatic carbocycles. The van der Waals surface area contributed by atoms with E-state index >= 15 is 0 Å². The summed E-state index contributed by atoms with van der Waals surface area (Å²) in [6.07, 6.45) is 4.04. The molecule has 0 spiro atoms. The molecular formula is C16H25N. The second-order valence-electron chi connectivity index (χ2n) is 5.85. The first kappa shape index (κ1) is 12.6. The predicted molar refractivity (Wildman–Crippen MR) is 74.4 cm³/mol. The highest BCUT2D eigenvalue weighted by Gasteiger charge is 2.41. The minimum Gasteiger partial charge on any atom is -0.316 e. The summed E-state index contributed by atoms with van der Waals surface area (Å²) in [5.41, 5.74) is 3.53. The molecule has 1 fully saturated rings. The number of hydrogen-bond donors (Lipinski definition) is 1. The van der Waals surface area contributed by atoms with E-state index in [1.807, 2.05) is 0 Å². The number of benzene rings is 1. The van der Waals surface area contributed by atoms with Crippen molar-refractivity contribution in [2.45, 2.75) is 46.0 Å². The van der Waals surface area contributed by atoms with Crippen LogP contribution in [-0.4, -0.2) is 13.1 Å². The van der Waals surface area contributed by atoms with Crippen molar-refractivity contribution in [3.05, 3.63) is 35.4 Å². The SMILES string of the molecule is CCNCC1(Cc2ccc(C(C)C)cc2)CC1. The molecule has 0 radical (unpaired) electrons. The van der Waals surface area contributed by atoms with Gasteiger partial charge in [-0.05, 0) is 48.3 Å². The van der Waals surface area contributed by atoms with Gasteiger partial charge in [0.15, 0.2) is 0 Å². The topological polar surface area (TPSA) is 12.0 Å². The van der Waals surface area contributed by atoms with Crippen LogP contribution in [0.25, 0.3) is 0 Å². The molecule has 0 heterocycles. The number of rotatable bonds is 6. The van der Waals surface area contributed by atoms with E-state index in [0.717, 1.165) is 6.54 Å². The molecule has 1 nitrogen and oxygen atoms in total. The van der Waals surface area contributed by atoms with E-state index in [1.165, 1.54) is 36.9 Å². The fraction of sp³-hybridized carbons (Fsp3) is 0.625. The first-order chi connectivity index (χ1) is 8.15. The van der Waals surface area contributed by atoms with Gasteiger partial charge < -0.3 is 5.32 Å². The Labute approximate surface area is 106 Å². The first-order valence-corrected chi connectivity index (χ1v) is 6.95. The molecule has 1 saturated carbocycles. The Morgan fingerprint density at radius 1 is 1.18 bits per heavy atom. The van der Waals surface area contributed by atoms with Gasteiger partial charge in [0.1, 0.15) is 0 Å². The van der Waals surface area contributed by atoms with E-state index in [0.29, 0.717) is 11.3 Å². The van der Waals surface area contributed by atoms with Gasteiger partial charge in [-0.3, -0.25) is 0 Å². The van der Waals surface area contributed by atoms with Gasteiger partial charge in [0.2, 0.25) is 0 Å². The van der Waals surface area contributed by atoms with Crippen molar-refractivity contribution in [2.75, 3.05) is 13.1 Å². The lowest BCUT2D eigenvalue weighted by Crippen LogP contribution is -2.25. The van der Waals surface area contributed by atoms with Crippen molar-refractivity contribution in [1.29, 1.82) is 0 Å². The molecule has 1 N–H and O–H groups in total. The molecule has 0 amide bonds. The molecule has 0 aliphatic heterocycles. The molecule has 1 heteroatoms. The summed E-state index contributed by atoms with van der Waals surface area (Å²) < 4.78 is 0. The lowest BCUT2D eigenvalue weighted by molar-refractivity contribution is 0.463. The Bertz CT molecular complexity index is 346. The zero-order valence-electron chi connectivity index (χ0n) is 11.4. The zero-order chi connectivity index (χ0) is 12.3. The average molecular weight is 231 g/mol. The molecule has 0 unspecified atom stereocenters. The molecule has 0 bridgehead atoms. The van der Waals surface area contributed by atoms with Crippen molar-refractivity contribution >= 4 is 0 Å². The highest BCUT2D eigenvalue weighted by atomic mass is 14.9. The fourth-order valence-corrected chi connectivity index (χ4v) is 2.44. The Balaban J connectivity index is 1.95. The number of hydrogen-bond acceptors (Lipinski definition) is 1. The van der Waals surface area contributed by atoms with E-state index in [9.17, 15) is 0 Å². The van der Waals surface area contributed by atoms with E-state index < -0.39 is 0 Å². The summed E-state index contributed by atoms with van der Waals surface area (Å²) in [4.78, 5) is 0. The Hall–Kier alpha value is -0.820. The molecule has 1 aromatic rings. The Morgan fingerprint density at radius 3 is 2.29 bits per heavy atom. The van der Waals surface area contributed by atoms with Crippen LogP contribution in [0.15, 0.2) is 24.3 Å². The van der Waals surface area contributed by atoms with Crippen molar-refractivity contribution in [3.63, 3.8) is 0 Å². The summed E-state index contributed by atoms with van der Waals surface area (Å²) in [5, 5.41) is 3.50. The van der Waals surface area contributed by atoms with Crippen LogP contribution in [0.5, 0.6) is 0 Å². The maximum absolute atomic E-state index is 3.50. The van der Waals surface area contributed by atoms with Crippen LogP contribution in [0, 0.1) is 5.41 Å². The highest BCUT2D eigenvalue weighted by Crippen LogP contribution is 2.47. The molecule has 94 valence electrons. The molecule has 0 aromatic heterocycles. The normalized spacial score (nSPS) is 17.4. The summed E-state index contributed by atoms with van der Waals surface area (Å²) in [6.45, 7) is 8.97. The van der Waals surface area contributed by atoms with Gasteiger partial charge in [0.05, 0.1) is 0 Å². The van der Waals surface area contributed by atoms with Crippen molar-refractivity contribution < 1.29 is 0 Å². The lowest BCUT2D eigenvalue weighted by atomic mass is 9.94. The van der Waals surface area contributed by atoms with Crippen molar-refractivity contribution in [3.8, 4) is 0 Å². The van der Waals surface area contributed by atoms with Crippen LogP contribution < -0.4 is 5.32 Å². The van der Waals surface area contributed by atoms with Gasteiger partial charge in [0, 0.05) is 6.54 Å². The molecule has 0 saturated heterocycles. The standard InChI is InChI=1S/C16H25N/c1-4-17-12-16(9-10-16)11-14-5-7-15(8-6-14)13(2)3/h5-8,13,17H,4,9-12H2,1-3H3. The van der Waals surface area contributed by atoms with Crippen LogP contribution in [0.4, 0.5) is 0 Å². The smallest absolute Gasteiger partial charge is 0.00109 e. The van der Waals surface area contributed by atoms with Gasteiger partial charge in [-0.1, -0.05) is 45.0 Å². The predicted octanol–water partition coefficient (Wildman–Crippen LogP) is 3.74. The van der Waals surface area contributed by atoms with Gasteiger partial charge in [0.25, 0.3) is 0 Å². The lowest BCUT2D eigenvalue weighted by Gasteiger charge is -2.16. The minimum absolute atomic E-state index is 0.579. The van der Waals surface area contributed by atoms with E-state index in [-0.39, 0.29) is 0 Å². The van der Waals surface area contributed by atoms with Crippen LogP contribution in [0.1, 0.15) is 50.7 Å². The Kier molecular flexibility index (Phi) is 3.88. The summed E-state index contributed by atoms with van der Waals surface area (Å²) in [6, 6.07) is 9.23. The third kappa shape index (κ3) is 3.32. The summed E-state index contributed by atoms with van der Waals surface area (Å²) in [5.74, 6) is 0.640. The van der Waals surface area contributed by atoms with Gasteiger partial charge >= 0.3 is 0 Å². The third-order valence-electron chi connectivity index (χ3n) is 3.93. The van der Waals surface area contributed by atoms with E-state index in [4.69, 9.17) is 0 Å². The van der Waals surface area contributed by atoms with Crippen LogP contribution in [-0.2, 0) is 6.42 Å². The molecule has 1 aromatic carbocycles. The minimum atomic E-state index is 0.579. The van der Waals surface area contributed by atoms with Gasteiger partial charge in [-0.2, -0.15) is 0 Å². The maximum atomic E-state index is 3.50. The van der Waals surface area contributed by atoms with Crippen molar-refractivity contribution in [2.24, 2.45) is 5.41 Å². The van der Waals surface area contributed by atoms with Gasteiger partial charge in [-0.15, -0.1) is 0 Å².